The molecule has 3 aliphatic rings. The standard InChI is InChI=1S/C20H26N2O4S/c1-25-17(23)10-20(8-9-27-12-20)22-18(24)16-7-6-15(14-4-5-14)19(21-16)26-11-13-2-3-13/h6-7,13-14H,2-5,8-12H2,1H3,(H,22,24). The number of amides is 1. The fourth-order valence-corrected chi connectivity index (χ4v) is 4.81. The molecule has 1 amide bonds. The highest BCUT2D eigenvalue weighted by molar-refractivity contribution is 7.99. The number of carbonyl (C=O) groups excluding carboxylic acids is 2. The summed E-state index contributed by atoms with van der Waals surface area (Å²) in [5, 5.41) is 3.06. The molecular weight excluding hydrogens is 364 g/mol. The van der Waals surface area contributed by atoms with E-state index in [9.17, 15) is 9.59 Å². The molecule has 0 aromatic carbocycles. The van der Waals surface area contributed by atoms with E-state index in [-0.39, 0.29) is 18.3 Å². The van der Waals surface area contributed by atoms with E-state index in [4.69, 9.17) is 9.47 Å². The maximum Gasteiger partial charge on any atom is 0.307 e. The van der Waals surface area contributed by atoms with Crippen LogP contribution in [0.4, 0.5) is 0 Å². The average Bonchev–Trinajstić information content (AvgIpc) is 3.59. The molecule has 1 atom stereocenters. The van der Waals surface area contributed by atoms with Gasteiger partial charge in [-0.1, -0.05) is 6.07 Å². The Kier molecular flexibility index (Phi) is 5.30. The third-order valence-corrected chi connectivity index (χ3v) is 6.73. The minimum atomic E-state index is -0.555. The predicted octanol–water partition coefficient (Wildman–Crippen LogP) is 2.92. The Bertz CT molecular complexity index is 725. The van der Waals surface area contributed by atoms with E-state index < -0.39 is 5.54 Å². The monoisotopic (exact) mass is 390 g/mol. The van der Waals surface area contributed by atoms with Gasteiger partial charge in [-0.3, -0.25) is 9.59 Å². The maximum absolute atomic E-state index is 12.9. The third-order valence-electron chi connectivity index (χ3n) is 5.48. The Morgan fingerprint density at radius 2 is 2.11 bits per heavy atom. The van der Waals surface area contributed by atoms with Crippen LogP contribution >= 0.6 is 11.8 Å². The quantitative estimate of drug-likeness (QED) is 0.688. The first-order chi connectivity index (χ1) is 13.1. The summed E-state index contributed by atoms with van der Waals surface area (Å²) in [6, 6.07) is 3.76. The Balaban J connectivity index is 1.49. The fourth-order valence-electron chi connectivity index (χ4n) is 3.42. The molecule has 6 nitrogen and oxygen atoms in total. The van der Waals surface area contributed by atoms with Gasteiger partial charge in [0.2, 0.25) is 5.88 Å². The van der Waals surface area contributed by atoms with Gasteiger partial charge in [0.25, 0.3) is 5.91 Å². The van der Waals surface area contributed by atoms with Gasteiger partial charge in [-0.2, -0.15) is 11.8 Å². The van der Waals surface area contributed by atoms with E-state index in [1.807, 2.05) is 6.07 Å². The van der Waals surface area contributed by atoms with E-state index in [1.54, 1.807) is 17.8 Å². The van der Waals surface area contributed by atoms with Gasteiger partial charge in [-0.05, 0) is 55.8 Å². The van der Waals surface area contributed by atoms with E-state index in [2.05, 4.69) is 10.3 Å². The molecule has 0 spiro atoms. The fraction of sp³-hybridized carbons (Fsp3) is 0.650. The maximum atomic E-state index is 12.9. The second-order valence-electron chi connectivity index (χ2n) is 7.91. The molecule has 2 aliphatic carbocycles. The zero-order valence-corrected chi connectivity index (χ0v) is 16.5. The van der Waals surface area contributed by atoms with Gasteiger partial charge in [0.1, 0.15) is 5.69 Å². The number of thioether (sulfide) groups is 1. The summed E-state index contributed by atoms with van der Waals surface area (Å²) in [4.78, 5) is 29.2. The number of hydrogen-bond acceptors (Lipinski definition) is 6. The van der Waals surface area contributed by atoms with Crippen molar-refractivity contribution in [2.75, 3.05) is 25.2 Å². The van der Waals surface area contributed by atoms with Crippen LogP contribution in [0.3, 0.4) is 0 Å². The molecular formula is C20H26N2O4S. The number of rotatable bonds is 8. The van der Waals surface area contributed by atoms with Crippen LogP contribution in [0.1, 0.15) is 60.5 Å². The molecule has 1 saturated heterocycles. The molecule has 1 N–H and O–H groups in total. The smallest absolute Gasteiger partial charge is 0.307 e. The Morgan fingerprint density at radius 1 is 1.30 bits per heavy atom. The SMILES string of the molecule is COC(=O)CC1(NC(=O)c2ccc(C3CC3)c(OCC3CC3)n2)CCSC1. The minimum absolute atomic E-state index is 0.188. The van der Waals surface area contributed by atoms with Gasteiger partial charge < -0.3 is 14.8 Å². The number of carbonyl (C=O) groups is 2. The molecule has 0 bridgehead atoms. The normalized spacial score (nSPS) is 24.5. The van der Waals surface area contributed by atoms with Crippen LogP contribution in [0, 0.1) is 5.92 Å². The first kappa shape index (κ1) is 18.6. The van der Waals surface area contributed by atoms with Crippen molar-refractivity contribution < 1.29 is 19.1 Å². The van der Waals surface area contributed by atoms with Crippen LogP contribution in [0.15, 0.2) is 12.1 Å². The number of pyridine rings is 1. The lowest BCUT2D eigenvalue weighted by Gasteiger charge is -2.28. The first-order valence-corrected chi connectivity index (χ1v) is 10.8. The van der Waals surface area contributed by atoms with Crippen LogP contribution in [-0.4, -0.2) is 47.6 Å². The highest BCUT2D eigenvalue weighted by Gasteiger charge is 2.39. The molecule has 4 rings (SSSR count). The van der Waals surface area contributed by atoms with Crippen molar-refractivity contribution in [2.24, 2.45) is 5.92 Å². The number of hydrogen-bond donors (Lipinski definition) is 1. The number of aromatic nitrogens is 1. The largest absolute Gasteiger partial charge is 0.477 e. The third kappa shape index (κ3) is 4.57. The summed E-state index contributed by atoms with van der Waals surface area (Å²) in [5.74, 6) is 2.83. The molecule has 2 heterocycles. The van der Waals surface area contributed by atoms with Gasteiger partial charge >= 0.3 is 5.97 Å². The Hall–Kier alpha value is -1.76. The summed E-state index contributed by atoms with van der Waals surface area (Å²) in [6.45, 7) is 0.681. The van der Waals surface area contributed by atoms with Crippen LogP contribution in [0.2, 0.25) is 0 Å². The summed E-state index contributed by atoms with van der Waals surface area (Å²) in [7, 11) is 1.38. The Morgan fingerprint density at radius 3 is 2.74 bits per heavy atom. The van der Waals surface area contributed by atoms with Crippen molar-refractivity contribution in [1.29, 1.82) is 0 Å². The van der Waals surface area contributed by atoms with Crippen molar-refractivity contribution in [1.82, 2.24) is 10.3 Å². The summed E-state index contributed by atoms with van der Waals surface area (Å²) in [5.41, 5.74) is 0.917. The Labute approximate surface area is 163 Å². The summed E-state index contributed by atoms with van der Waals surface area (Å²) >= 11 is 1.74. The van der Waals surface area contributed by atoms with E-state index in [0.29, 0.717) is 35.8 Å². The zero-order chi connectivity index (χ0) is 18.9. The topological polar surface area (TPSA) is 77.5 Å². The number of esters is 1. The predicted molar refractivity (Wildman–Crippen MR) is 103 cm³/mol. The van der Waals surface area contributed by atoms with Crippen molar-refractivity contribution in [2.45, 2.75) is 50.0 Å². The summed E-state index contributed by atoms with van der Waals surface area (Å²) < 4.78 is 10.8. The highest BCUT2D eigenvalue weighted by Crippen LogP contribution is 2.44. The lowest BCUT2D eigenvalue weighted by atomic mass is 9.94. The molecule has 3 fully saturated rings. The second kappa shape index (κ2) is 7.70. The molecule has 27 heavy (non-hydrogen) atoms. The molecule has 0 radical (unpaired) electrons. The van der Waals surface area contributed by atoms with Crippen molar-refractivity contribution in [3.8, 4) is 5.88 Å². The van der Waals surface area contributed by atoms with Gasteiger partial charge in [-0.25, -0.2) is 4.98 Å². The number of nitrogens with one attached hydrogen (secondary N) is 1. The van der Waals surface area contributed by atoms with E-state index in [0.717, 1.165) is 30.6 Å². The molecule has 1 aromatic heterocycles. The van der Waals surface area contributed by atoms with Crippen molar-refractivity contribution in [3.63, 3.8) is 0 Å². The summed E-state index contributed by atoms with van der Waals surface area (Å²) in [6.07, 6.45) is 5.69. The number of nitrogens with zero attached hydrogens (tertiary/aromatic N) is 1. The lowest BCUT2D eigenvalue weighted by molar-refractivity contribution is -0.142. The van der Waals surface area contributed by atoms with Crippen LogP contribution in [0.25, 0.3) is 0 Å². The number of methoxy groups -OCH3 is 1. The van der Waals surface area contributed by atoms with Gasteiger partial charge in [0.15, 0.2) is 0 Å². The number of ether oxygens (including phenoxy) is 2. The molecule has 1 unspecified atom stereocenters. The van der Waals surface area contributed by atoms with Crippen LogP contribution in [0.5, 0.6) is 5.88 Å². The lowest BCUT2D eigenvalue weighted by Crippen LogP contribution is -2.50. The van der Waals surface area contributed by atoms with Crippen molar-refractivity contribution in [3.05, 3.63) is 23.4 Å². The van der Waals surface area contributed by atoms with E-state index in [1.165, 1.54) is 20.0 Å². The van der Waals surface area contributed by atoms with Gasteiger partial charge in [0, 0.05) is 11.3 Å². The second-order valence-corrected chi connectivity index (χ2v) is 9.01. The minimum Gasteiger partial charge on any atom is -0.477 e. The highest BCUT2D eigenvalue weighted by atomic mass is 32.2. The van der Waals surface area contributed by atoms with E-state index >= 15 is 0 Å². The molecule has 2 saturated carbocycles. The first-order valence-electron chi connectivity index (χ1n) is 9.69. The van der Waals surface area contributed by atoms with Gasteiger partial charge in [-0.15, -0.1) is 0 Å². The van der Waals surface area contributed by atoms with Crippen LogP contribution in [-0.2, 0) is 9.53 Å². The van der Waals surface area contributed by atoms with Crippen molar-refractivity contribution >= 4 is 23.6 Å². The van der Waals surface area contributed by atoms with Crippen LogP contribution < -0.4 is 10.1 Å². The molecule has 1 aromatic rings. The van der Waals surface area contributed by atoms with Gasteiger partial charge in [0.05, 0.1) is 25.7 Å². The molecule has 1 aliphatic heterocycles. The molecule has 7 heteroatoms. The molecule has 146 valence electrons. The zero-order valence-electron chi connectivity index (χ0n) is 15.7. The average molecular weight is 391 g/mol.